The van der Waals surface area contributed by atoms with Gasteiger partial charge in [0.1, 0.15) is 24.2 Å². The fourth-order valence-electron chi connectivity index (χ4n) is 9.59. The van der Waals surface area contributed by atoms with Crippen molar-refractivity contribution in [3.8, 4) is 11.1 Å². The molecule has 0 saturated carbocycles. The van der Waals surface area contributed by atoms with Gasteiger partial charge in [-0.1, -0.05) is 112 Å². The number of hydrogen-bond acceptors (Lipinski definition) is 10. The van der Waals surface area contributed by atoms with Gasteiger partial charge in [0.2, 0.25) is 11.8 Å². The normalized spacial score (nSPS) is 17.7. The highest BCUT2D eigenvalue weighted by molar-refractivity contribution is 6.06. The molecule has 0 spiro atoms. The number of alkyl carbamates (subject to hydrolysis) is 2. The van der Waals surface area contributed by atoms with Crippen LogP contribution in [-0.4, -0.2) is 96.6 Å². The van der Waals surface area contributed by atoms with E-state index in [0.29, 0.717) is 22.5 Å². The number of ketones is 2. The summed E-state index contributed by atoms with van der Waals surface area (Å²) < 4.78 is 9.57. The Balaban J connectivity index is 1.16. The number of benzene rings is 4. The van der Waals surface area contributed by atoms with E-state index >= 15 is 0 Å². The van der Waals surface area contributed by atoms with Crippen molar-refractivity contribution in [2.45, 2.75) is 94.8 Å². The standard InChI is InChI=1S/C51H56N6O10/c1-5-7-23-51(24-8-6-2)39-25-33(52-45(60)41-27-35(58)29-56(41)47(62)43(54-49(64)66-3)31-15-11-9-12-16-31)19-21-37(39)38-22-20-34(26-40(38)51)53-46(61)42-28-36(59)30-57(42)48(63)44(55-50(65)67-4)32-17-13-10-14-18-32/h9-22,25-26,41-44H,5-8,23-24,27-30H2,1-4H3,(H,52,60)(H,53,61)(H,54,64)(H,55,65)/t41-,42-,43?,44?/m0/s1. The lowest BCUT2D eigenvalue weighted by atomic mass is 9.70. The summed E-state index contributed by atoms with van der Waals surface area (Å²) in [6.45, 7) is 3.64. The van der Waals surface area contributed by atoms with E-state index in [4.69, 9.17) is 9.47 Å². The number of methoxy groups -OCH3 is 2. The molecule has 4 aromatic rings. The second-order valence-electron chi connectivity index (χ2n) is 17.2. The molecule has 350 valence electrons. The molecule has 4 aromatic carbocycles. The lowest BCUT2D eigenvalue weighted by molar-refractivity contribution is -0.138. The van der Waals surface area contributed by atoms with Gasteiger partial charge in [0, 0.05) is 29.6 Å². The first-order chi connectivity index (χ1) is 32.3. The monoisotopic (exact) mass is 912 g/mol. The van der Waals surface area contributed by atoms with Crippen molar-refractivity contribution in [2.24, 2.45) is 0 Å². The highest BCUT2D eigenvalue weighted by Gasteiger charge is 2.46. The van der Waals surface area contributed by atoms with E-state index in [2.05, 4.69) is 35.1 Å². The second-order valence-corrected chi connectivity index (χ2v) is 17.2. The Morgan fingerprint density at radius 3 is 1.34 bits per heavy atom. The molecule has 3 aliphatic rings. The van der Waals surface area contributed by atoms with Crippen molar-refractivity contribution in [3.05, 3.63) is 119 Å². The number of hydrogen-bond donors (Lipinski definition) is 4. The zero-order chi connectivity index (χ0) is 47.8. The number of likely N-dealkylation sites (tertiary alicyclic amines) is 2. The van der Waals surface area contributed by atoms with Crippen LogP contribution < -0.4 is 21.3 Å². The molecule has 6 amide bonds. The van der Waals surface area contributed by atoms with E-state index in [1.165, 1.54) is 24.0 Å². The van der Waals surface area contributed by atoms with Crippen LogP contribution in [0.3, 0.4) is 0 Å². The molecule has 4 N–H and O–H groups in total. The number of nitrogens with zero attached hydrogens (tertiary/aromatic N) is 2. The lowest BCUT2D eigenvalue weighted by Crippen LogP contribution is -2.48. The number of carbonyl (C=O) groups is 8. The van der Waals surface area contributed by atoms with Crippen LogP contribution in [0.25, 0.3) is 11.1 Å². The summed E-state index contributed by atoms with van der Waals surface area (Å²) in [5.74, 6) is -2.94. The molecule has 2 aliphatic heterocycles. The van der Waals surface area contributed by atoms with Gasteiger partial charge in [-0.25, -0.2) is 9.59 Å². The van der Waals surface area contributed by atoms with Gasteiger partial charge in [-0.15, -0.1) is 0 Å². The Morgan fingerprint density at radius 2 is 0.985 bits per heavy atom. The molecule has 1 aliphatic carbocycles. The minimum Gasteiger partial charge on any atom is -0.453 e. The molecule has 0 aromatic heterocycles. The molecule has 7 rings (SSSR count). The third kappa shape index (κ3) is 10.1. The summed E-state index contributed by atoms with van der Waals surface area (Å²) >= 11 is 0. The third-order valence-electron chi connectivity index (χ3n) is 12.9. The van der Waals surface area contributed by atoms with Crippen LogP contribution in [-0.2, 0) is 43.7 Å². The van der Waals surface area contributed by atoms with Gasteiger partial charge in [-0.05, 0) is 70.5 Å². The van der Waals surface area contributed by atoms with Crippen molar-refractivity contribution < 1.29 is 47.8 Å². The maximum absolute atomic E-state index is 14.2. The average molecular weight is 913 g/mol. The molecule has 16 heteroatoms. The first-order valence-corrected chi connectivity index (χ1v) is 22.7. The van der Waals surface area contributed by atoms with Crippen molar-refractivity contribution in [1.82, 2.24) is 20.4 Å². The van der Waals surface area contributed by atoms with Crippen molar-refractivity contribution >= 4 is 58.8 Å². The molecule has 2 saturated heterocycles. The van der Waals surface area contributed by atoms with Crippen LogP contribution in [0.15, 0.2) is 97.1 Å². The van der Waals surface area contributed by atoms with Gasteiger partial charge in [0.25, 0.3) is 11.8 Å². The van der Waals surface area contributed by atoms with Crippen LogP contribution in [0, 0.1) is 0 Å². The Morgan fingerprint density at radius 1 is 0.597 bits per heavy atom. The number of ether oxygens (including phenoxy) is 2. The van der Waals surface area contributed by atoms with Crippen LogP contribution in [0.5, 0.6) is 0 Å². The summed E-state index contributed by atoms with van der Waals surface area (Å²) in [6.07, 6.45) is 3.02. The summed E-state index contributed by atoms with van der Waals surface area (Å²) in [7, 11) is 2.36. The Bertz CT molecular complexity index is 2370. The van der Waals surface area contributed by atoms with Crippen molar-refractivity contribution in [2.75, 3.05) is 37.9 Å². The number of Topliss-reactive ketones (excluding diaryl/α,β-unsaturated/α-hetero) is 2. The first-order valence-electron chi connectivity index (χ1n) is 22.7. The van der Waals surface area contributed by atoms with Gasteiger partial charge in [0.05, 0.1) is 27.3 Å². The van der Waals surface area contributed by atoms with E-state index in [1.54, 1.807) is 72.8 Å². The Kier molecular flexibility index (Phi) is 14.8. The van der Waals surface area contributed by atoms with E-state index in [-0.39, 0.29) is 37.5 Å². The van der Waals surface area contributed by atoms with Crippen LogP contribution >= 0.6 is 0 Å². The van der Waals surface area contributed by atoms with E-state index < -0.39 is 65.4 Å². The fraction of sp³-hybridized carbons (Fsp3) is 0.373. The Hall–Kier alpha value is -7.36. The molecular weight excluding hydrogens is 857 g/mol. The molecule has 0 radical (unpaired) electrons. The number of rotatable bonds is 16. The van der Waals surface area contributed by atoms with Crippen molar-refractivity contribution in [3.63, 3.8) is 0 Å². The molecule has 67 heavy (non-hydrogen) atoms. The van der Waals surface area contributed by atoms with Gasteiger partial charge in [-0.3, -0.25) is 28.8 Å². The summed E-state index contributed by atoms with van der Waals surface area (Å²) in [5, 5.41) is 11.1. The fourth-order valence-corrected chi connectivity index (χ4v) is 9.59. The van der Waals surface area contributed by atoms with Crippen LogP contribution in [0.4, 0.5) is 21.0 Å². The zero-order valence-electron chi connectivity index (χ0n) is 38.1. The number of nitrogens with one attached hydrogen (secondary N) is 4. The predicted molar refractivity (Wildman–Crippen MR) is 249 cm³/mol. The van der Waals surface area contributed by atoms with E-state index in [0.717, 1.165) is 60.8 Å². The van der Waals surface area contributed by atoms with E-state index in [1.807, 2.05) is 24.3 Å². The third-order valence-corrected chi connectivity index (χ3v) is 12.9. The molecule has 2 heterocycles. The zero-order valence-corrected chi connectivity index (χ0v) is 38.1. The summed E-state index contributed by atoms with van der Waals surface area (Å²) in [6, 6.07) is 23.8. The number of amides is 6. The number of unbranched alkanes of at least 4 members (excludes halogenated alkanes) is 2. The minimum absolute atomic E-state index is 0.196. The van der Waals surface area contributed by atoms with Crippen LogP contribution in [0.2, 0.25) is 0 Å². The minimum atomic E-state index is -1.20. The van der Waals surface area contributed by atoms with Gasteiger partial charge in [-0.2, -0.15) is 0 Å². The second kappa shape index (κ2) is 20.9. The van der Waals surface area contributed by atoms with E-state index in [9.17, 15) is 38.4 Å². The molecule has 0 bridgehead atoms. The van der Waals surface area contributed by atoms with Gasteiger partial charge in [0.15, 0.2) is 11.6 Å². The number of anilines is 2. The SMILES string of the molecule is CCCCC1(CCCC)c2cc(NC(=O)[C@@H]3CC(=O)CN3C(=O)C(NC(=O)OC)c3ccccc3)ccc2-c2ccc(NC(=O)[C@@H]3CC(=O)CN3C(=O)C(NC(=O)OC)c3ccccc3)cc21. The lowest BCUT2D eigenvalue weighted by Gasteiger charge is -2.33. The Labute approximate surface area is 389 Å². The maximum Gasteiger partial charge on any atom is 0.407 e. The van der Waals surface area contributed by atoms with Crippen LogP contribution in [0.1, 0.15) is 99.6 Å². The average Bonchev–Trinajstić information content (AvgIpc) is 4.02. The largest absolute Gasteiger partial charge is 0.453 e. The summed E-state index contributed by atoms with van der Waals surface area (Å²) in [4.78, 5) is 109. The molecule has 16 nitrogen and oxygen atoms in total. The number of fused-ring (bicyclic) bond motifs is 3. The smallest absolute Gasteiger partial charge is 0.407 e. The quantitative estimate of drug-likeness (QED) is 0.0930. The van der Waals surface area contributed by atoms with Gasteiger partial charge >= 0.3 is 12.2 Å². The predicted octanol–water partition coefficient (Wildman–Crippen LogP) is 6.75. The highest BCUT2D eigenvalue weighted by atomic mass is 16.5. The van der Waals surface area contributed by atoms with Gasteiger partial charge < -0.3 is 40.5 Å². The highest BCUT2D eigenvalue weighted by Crippen LogP contribution is 2.55. The molecule has 4 atom stereocenters. The molecule has 2 fully saturated rings. The van der Waals surface area contributed by atoms with Crippen molar-refractivity contribution in [1.29, 1.82) is 0 Å². The topological polar surface area (TPSA) is 210 Å². The number of carbonyl (C=O) groups excluding carboxylic acids is 8. The maximum atomic E-state index is 14.2. The first kappa shape index (κ1) is 47.6. The molecule has 2 unspecified atom stereocenters. The molecular formula is C51H56N6O10. The summed E-state index contributed by atoms with van der Waals surface area (Å²) in [5.41, 5.74) is 5.27.